The molecule has 1 aromatic heterocycles. The molecule has 122 valence electrons. The van der Waals surface area contributed by atoms with Gasteiger partial charge in [-0.1, -0.05) is 30.3 Å². The van der Waals surface area contributed by atoms with Crippen LogP contribution in [-0.4, -0.2) is 22.2 Å². The van der Waals surface area contributed by atoms with Crippen LogP contribution < -0.4 is 10.1 Å². The molecule has 0 aliphatic heterocycles. The van der Waals surface area contributed by atoms with Gasteiger partial charge in [0.2, 0.25) is 0 Å². The van der Waals surface area contributed by atoms with Crippen molar-refractivity contribution in [3.05, 3.63) is 66.4 Å². The van der Waals surface area contributed by atoms with Gasteiger partial charge in [-0.05, 0) is 38.1 Å². The van der Waals surface area contributed by atoms with Gasteiger partial charge in [0, 0.05) is 11.3 Å². The number of anilines is 1. The Morgan fingerprint density at radius 2 is 1.79 bits per heavy atom. The van der Waals surface area contributed by atoms with Crippen LogP contribution in [0.5, 0.6) is 5.75 Å². The SMILES string of the molecule is CC(C)Oc1ccc(NC(=O)c2cn[nH]c2-c2ccccc2)cc1. The van der Waals surface area contributed by atoms with Crippen LogP contribution in [0.2, 0.25) is 0 Å². The summed E-state index contributed by atoms with van der Waals surface area (Å²) in [6.07, 6.45) is 1.65. The molecule has 1 heterocycles. The molecule has 0 fully saturated rings. The number of nitrogens with one attached hydrogen (secondary N) is 2. The van der Waals surface area contributed by atoms with E-state index in [1.807, 2.05) is 68.4 Å². The molecule has 2 aromatic carbocycles. The molecule has 0 atom stereocenters. The zero-order chi connectivity index (χ0) is 16.9. The number of aromatic amines is 1. The van der Waals surface area contributed by atoms with Crippen LogP contribution in [-0.2, 0) is 0 Å². The molecule has 5 heteroatoms. The summed E-state index contributed by atoms with van der Waals surface area (Å²) >= 11 is 0. The first-order valence-corrected chi connectivity index (χ1v) is 7.80. The van der Waals surface area contributed by atoms with Crippen molar-refractivity contribution in [1.82, 2.24) is 10.2 Å². The number of amides is 1. The molecule has 0 aliphatic rings. The van der Waals surface area contributed by atoms with Gasteiger partial charge in [0.25, 0.3) is 5.91 Å². The molecule has 0 unspecified atom stereocenters. The number of aromatic nitrogens is 2. The van der Waals surface area contributed by atoms with Crippen molar-refractivity contribution in [2.75, 3.05) is 5.32 Å². The van der Waals surface area contributed by atoms with Gasteiger partial charge in [-0.15, -0.1) is 0 Å². The summed E-state index contributed by atoms with van der Waals surface area (Å²) in [7, 11) is 0. The van der Waals surface area contributed by atoms with Gasteiger partial charge in [0.05, 0.1) is 23.6 Å². The van der Waals surface area contributed by atoms with Gasteiger partial charge < -0.3 is 10.1 Å². The first-order valence-electron chi connectivity index (χ1n) is 7.80. The monoisotopic (exact) mass is 321 g/mol. The topological polar surface area (TPSA) is 67.0 Å². The third-order valence-electron chi connectivity index (χ3n) is 3.43. The number of ether oxygens (including phenoxy) is 1. The highest BCUT2D eigenvalue weighted by molar-refractivity contribution is 6.07. The van der Waals surface area contributed by atoms with Crippen LogP contribution in [0, 0.1) is 0 Å². The fraction of sp³-hybridized carbons (Fsp3) is 0.158. The maximum Gasteiger partial charge on any atom is 0.259 e. The highest BCUT2D eigenvalue weighted by Crippen LogP contribution is 2.22. The van der Waals surface area contributed by atoms with Gasteiger partial charge in [0.1, 0.15) is 5.75 Å². The first-order chi connectivity index (χ1) is 11.6. The molecule has 0 radical (unpaired) electrons. The summed E-state index contributed by atoms with van der Waals surface area (Å²) in [5, 5.41) is 9.77. The molecule has 2 N–H and O–H groups in total. The smallest absolute Gasteiger partial charge is 0.259 e. The minimum Gasteiger partial charge on any atom is -0.491 e. The molecule has 0 bridgehead atoms. The second kappa shape index (κ2) is 7.00. The Morgan fingerprint density at radius 1 is 1.08 bits per heavy atom. The van der Waals surface area contributed by atoms with Crippen LogP contribution in [0.15, 0.2) is 60.8 Å². The predicted molar refractivity (Wildman–Crippen MR) is 94.2 cm³/mol. The van der Waals surface area contributed by atoms with E-state index in [0.717, 1.165) is 11.3 Å². The summed E-state index contributed by atoms with van der Waals surface area (Å²) in [5.41, 5.74) is 2.83. The molecule has 24 heavy (non-hydrogen) atoms. The third kappa shape index (κ3) is 3.63. The van der Waals surface area contributed by atoms with Crippen molar-refractivity contribution < 1.29 is 9.53 Å². The van der Waals surface area contributed by atoms with E-state index in [-0.39, 0.29) is 12.0 Å². The average molecular weight is 321 g/mol. The zero-order valence-corrected chi connectivity index (χ0v) is 13.6. The molecule has 3 rings (SSSR count). The van der Waals surface area contributed by atoms with Gasteiger partial charge in [0.15, 0.2) is 0 Å². The first kappa shape index (κ1) is 15.8. The fourth-order valence-corrected chi connectivity index (χ4v) is 2.37. The van der Waals surface area contributed by atoms with E-state index >= 15 is 0 Å². The zero-order valence-electron chi connectivity index (χ0n) is 13.6. The summed E-state index contributed by atoms with van der Waals surface area (Å²) < 4.78 is 5.60. The molecule has 0 spiro atoms. The lowest BCUT2D eigenvalue weighted by Crippen LogP contribution is -2.12. The summed E-state index contributed by atoms with van der Waals surface area (Å²) in [5.74, 6) is 0.566. The molecular weight excluding hydrogens is 302 g/mol. The van der Waals surface area contributed by atoms with E-state index in [0.29, 0.717) is 16.9 Å². The Labute approximate surface area is 140 Å². The van der Waals surface area contributed by atoms with Crippen molar-refractivity contribution in [3.63, 3.8) is 0 Å². The highest BCUT2D eigenvalue weighted by atomic mass is 16.5. The van der Waals surface area contributed by atoms with Gasteiger partial charge >= 0.3 is 0 Å². The summed E-state index contributed by atoms with van der Waals surface area (Å²) in [6, 6.07) is 16.9. The lowest BCUT2D eigenvalue weighted by Gasteiger charge is -2.10. The Hall–Kier alpha value is -3.08. The Balaban J connectivity index is 1.75. The molecule has 0 aliphatic carbocycles. The van der Waals surface area contributed by atoms with Crippen molar-refractivity contribution >= 4 is 11.6 Å². The van der Waals surface area contributed by atoms with E-state index < -0.39 is 0 Å². The van der Waals surface area contributed by atoms with Gasteiger partial charge in [-0.3, -0.25) is 9.89 Å². The van der Waals surface area contributed by atoms with E-state index in [1.54, 1.807) is 0 Å². The molecule has 1 amide bonds. The highest BCUT2D eigenvalue weighted by Gasteiger charge is 2.15. The molecule has 0 saturated heterocycles. The Kier molecular flexibility index (Phi) is 4.61. The second-order valence-corrected chi connectivity index (χ2v) is 5.67. The van der Waals surface area contributed by atoms with Crippen LogP contribution >= 0.6 is 0 Å². The van der Waals surface area contributed by atoms with Crippen molar-refractivity contribution in [1.29, 1.82) is 0 Å². The lowest BCUT2D eigenvalue weighted by atomic mass is 10.1. The minimum absolute atomic E-state index is 0.116. The predicted octanol–water partition coefficient (Wildman–Crippen LogP) is 4.12. The number of H-pyrrole nitrogens is 1. The number of rotatable bonds is 5. The molecule has 0 saturated carbocycles. The van der Waals surface area contributed by atoms with E-state index in [1.165, 1.54) is 6.20 Å². The summed E-state index contributed by atoms with van der Waals surface area (Å²) in [6.45, 7) is 3.94. The number of hydrogen-bond donors (Lipinski definition) is 2. The fourth-order valence-electron chi connectivity index (χ4n) is 2.37. The Morgan fingerprint density at radius 3 is 2.46 bits per heavy atom. The van der Waals surface area contributed by atoms with Crippen molar-refractivity contribution in [2.24, 2.45) is 0 Å². The lowest BCUT2D eigenvalue weighted by molar-refractivity contribution is 0.102. The van der Waals surface area contributed by atoms with Gasteiger partial charge in [-0.25, -0.2) is 0 Å². The molecular formula is C19H19N3O2. The van der Waals surface area contributed by atoms with Crippen molar-refractivity contribution in [2.45, 2.75) is 20.0 Å². The van der Waals surface area contributed by atoms with E-state index in [9.17, 15) is 4.79 Å². The van der Waals surface area contributed by atoms with Crippen LogP contribution in [0.3, 0.4) is 0 Å². The quantitative estimate of drug-likeness (QED) is 0.743. The van der Waals surface area contributed by atoms with E-state index in [4.69, 9.17) is 4.74 Å². The normalized spacial score (nSPS) is 10.6. The van der Waals surface area contributed by atoms with E-state index in [2.05, 4.69) is 15.5 Å². The standard InChI is InChI=1S/C19H19N3O2/c1-13(2)24-16-10-8-15(9-11-16)21-19(23)17-12-20-22-18(17)14-6-4-3-5-7-14/h3-13H,1-2H3,(H,20,22)(H,21,23). The van der Waals surface area contributed by atoms with Crippen LogP contribution in [0.25, 0.3) is 11.3 Å². The maximum absolute atomic E-state index is 12.5. The number of hydrogen-bond acceptors (Lipinski definition) is 3. The summed E-state index contributed by atoms with van der Waals surface area (Å²) in [4.78, 5) is 12.5. The molecule has 3 aromatic rings. The Bertz CT molecular complexity index is 808. The minimum atomic E-state index is -0.208. The maximum atomic E-state index is 12.5. The van der Waals surface area contributed by atoms with Crippen molar-refractivity contribution in [3.8, 4) is 17.0 Å². The number of nitrogens with zero attached hydrogens (tertiary/aromatic N) is 1. The largest absolute Gasteiger partial charge is 0.491 e. The third-order valence-corrected chi connectivity index (χ3v) is 3.43. The molecule has 5 nitrogen and oxygen atoms in total. The second-order valence-electron chi connectivity index (χ2n) is 5.67. The number of carbonyl (C=O) groups excluding carboxylic acids is 1. The van der Waals surface area contributed by atoms with Gasteiger partial charge in [-0.2, -0.15) is 5.10 Å². The average Bonchev–Trinajstić information content (AvgIpc) is 3.07. The number of benzene rings is 2. The number of carbonyl (C=O) groups is 1. The van der Waals surface area contributed by atoms with Crippen LogP contribution in [0.4, 0.5) is 5.69 Å². The van der Waals surface area contributed by atoms with Crippen LogP contribution in [0.1, 0.15) is 24.2 Å².